The number of piperazine rings is 1. The smallest absolute Gasteiger partial charge is 0.248 e. The molecule has 1 saturated carbocycles. The van der Waals surface area contributed by atoms with Crippen molar-refractivity contribution in [2.45, 2.75) is 64.0 Å². The van der Waals surface area contributed by atoms with Crippen LogP contribution in [0.2, 0.25) is 0 Å². The third kappa shape index (κ3) is 6.46. The van der Waals surface area contributed by atoms with E-state index in [1.54, 1.807) is 7.11 Å². The number of hydrogen-bond donors (Lipinski definition) is 1. The highest BCUT2D eigenvalue weighted by atomic mass is 16.5. The third-order valence-corrected chi connectivity index (χ3v) is 10.5. The summed E-state index contributed by atoms with van der Waals surface area (Å²) < 4.78 is 5.35. The normalized spacial score (nSPS) is 21.2. The Balaban J connectivity index is 1.11. The Hall–Kier alpha value is -3.35. The highest BCUT2D eigenvalue weighted by Gasteiger charge is 2.50. The van der Waals surface area contributed by atoms with Crippen LogP contribution in [0.4, 0.5) is 5.69 Å². The fourth-order valence-corrected chi connectivity index (χ4v) is 7.85. The molecule has 0 aromatic heterocycles. The molecule has 0 bridgehead atoms. The average Bonchev–Trinajstić information content (AvgIpc) is 3.03. The van der Waals surface area contributed by atoms with Crippen molar-refractivity contribution in [3.8, 4) is 5.75 Å². The molecule has 1 atom stereocenters. The number of nitrogens with zero attached hydrogens (tertiary/aromatic N) is 3. The van der Waals surface area contributed by atoms with E-state index >= 15 is 0 Å². The number of amides is 1. The zero-order chi connectivity index (χ0) is 30.0. The molecule has 3 aromatic carbocycles. The van der Waals surface area contributed by atoms with Gasteiger partial charge in [0.15, 0.2) is 0 Å². The average molecular weight is 581 g/mol. The van der Waals surface area contributed by atoms with E-state index in [4.69, 9.17) is 10.5 Å². The number of benzene rings is 3. The second-order valence-corrected chi connectivity index (χ2v) is 13.4. The Morgan fingerprint density at radius 2 is 1.63 bits per heavy atom. The van der Waals surface area contributed by atoms with Crippen molar-refractivity contribution in [2.75, 3.05) is 51.3 Å². The minimum atomic E-state index is -0.364. The zero-order valence-electron chi connectivity index (χ0n) is 26.2. The molecule has 2 saturated heterocycles. The van der Waals surface area contributed by atoms with Crippen molar-refractivity contribution in [2.24, 2.45) is 11.1 Å². The first-order chi connectivity index (χ1) is 20.8. The Morgan fingerprint density at radius 3 is 2.28 bits per heavy atom. The predicted octanol–water partition coefficient (Wildman–Crippen LogP) is 6.27. The molecule has 6 heteroatoms. The van der Waals surface area contributed by atoms with Crippen molar-refractivity contribution in [3.63, 3.8) is 0 Å². The number of anilines is 1. The molecule has 1 unspecified atom stereocenters. The van der Waals surface area contributed by atoms with Gasteiger partial charge in [0.05, 0.1) is 7.11 Å². The van der Waals surface area contributed by atoms with Crippen molar-refractivity contribution in [1.82, 2.24) is 9.80 Å². The molecule has 1 spiro atoms. The number of primary amides is 1. The molecule has 3 aromatic rings. The summed E-state index contributed by atoms with van der Waals surface area (Å²) in [4.78, 5) is 19.5. The largest absolute Gasteiger partial charge is 0.497 e. The summed E-state index contributed by atoms with van der Waals surface area (Å²) in [6, 6.07) is 26.7. The van der Waals surface area contributed by atoms with Crippen molar-refractivity contribution < 1.29 is 9.53 Å². The van der Waals surface area contributed by atoms with Gasteiger partial charge in [-0.25, -0.2) is 0 Å². The van der Waals surface area contributed by atoms with E-state index in [-0.39, 0.29) is 5.91 Å². The molecule has 2 N–H and O–H groups in total. The molecule has 6 nitrogen and oxygen atoms in total. The van der Waals surface area contributed by atoms with E-state index in [1.807, 2.05) is 24.3 Å². The molecule has 0 radical (unpaired) electrons. The van der Waals surface area contributed by atoms with Gasteiger partial charge in [-0.3, -0.25) is 14.6 Å². The number of carbonyl (C=O) groups is 1. The molecule has 2 heterocycles. The lowest BCUT2D eigenvalue weighted by Gasteiger charge is -2.58. The number of carbonyl (C=O) groups excluding carboxylic acids is 1. The van der Waals surface area contributed by atoms with Gasteiger partial charge in [0.2, 0.25) is 5.91 Å². The fraction of sp³-hybridized carbons (Fsp3) is 0.486. The van der Waals surface area contributed by atoms with Gasteiger partial charge < -0.3 is 15.4 Å². The van der Waals surface area contributed by atoms with E-state index in [9.17, 15) is 4.79 Å². The van der Waals surface area contributed by atoms with Crippen LogP contribution in [0, 0.1) is 5.41 Å². The van der Waals surface area contributed by atoms with Crippen LogP contribution in [0.3, 0.4) is 0 Å². The van der Waals surface area contributed by atoms with Crippen molar-refractivity contribution in [3.05, 3.63) is 95.1 Å². The first-order valence-corrected chi connectivity index (χ1v) is 16.2. The van der Waals surface area contributed by atoms with Crippen LogP contribution in [-0.4, -0.2) is 68.1 Å². The third-order valence-electron chi connectivity index (χ3n) is 10.5. The van der Waals surface area contributed by atoms with E-state index in [0.29, 0.717) is 29.0 Å². The van der Waals surface area contributed by atoms with Crippen LogP contribution in [-0.2, 0) is 6.42 Å². The van der Waals surface area contributed by atoms with Gasteiger partial charge in [0.25, 0.3) is 0 Å². The number of ether oxygens (including phenoxy) is 1. The SMILES string of the molecule is COc1ccc(CCN2CCN(C3CC4(CCN(c5ccc(C(N)=O)cc5)CC4)C3)C(c3ccccc3C(C)C)C2)cc1. The molecule has 1 aliphatic carbocycles. The van der Waals surface area contributed by atoms with Crippen LogP contribution in [0.5, 0.6) is 5.75 Å². The van der Waals surface area contributed by atoms with E-state index in [0.717, 1.165) is 51.4 Å². The predicted molar refractivity (Wildman–Crippen MR) is 175 cm³/mol. The van der Waals surface area contributed by atoms with Crippen LogP contribution in [0.25, 0.3) is 0 Å². The number of hydrogen-bond acceptors (Lipinski definition) is 5. The second-order valence-electron chi connectivity index (χ2n) is 13.4. The molecular weight excluding hydrogens is 532 g/mol. The highest BCUT2D eigenvalue weighted by molar-refractivity contribution is 5.93. The summed E-state index contributed by atoms with van der Waals surface area (Å²) in [6.45, 7) is 11.3. The monoisotopic (exact) mass is 580 g/mol. The van der Waals surface area contributed by atoms with E-state index in [1.165, 1.54) is 48.1 Å². The van der Waals surface area contributed by atoms with Crippen LogP contribution >= 0.6 is 0 Å². The van der Waals surface area contributed by atoms with Crippen LogP contribution in [0.1, 0.15) is 78.5 Å². The summed E-state index contributed by atoms with van der Waals surface area (Å²) in [6.07, 6.45) is 6.18. The molecule has 3 fully saturated rings. The molecule has 3 aliphatic rings. The number of methoxy groups -OCH3 is 1. The van der Waals surface area contributed by atoms with Gasteiger partial charge in [-0.2, -0.15) is 0 Å². The molecule has 1 amide bonds. The molecular formula is C37H48N4O2. The maximum atomic E-state index is 11.5. The first-order valence-electron chi connectivity index (χ1n) is 16.2. The summed E-state index contributed by atoms with van der Waals surface area (Å²) in [5.41, 5.74) is 12.1. The van der Waals surface area contributed by atoms with Crippen LogP contribution < -0.4 is 15.4 Å². The summed E-state index contributed by atoms with van der Waals surface area (Å²) in [5, 5.41) is 0. The maximum absolute atomic E-state index is 11.5. The molecule has 228 valence electrons. The quantitative estimate of drug-likeness (QED) is 0.323. The van der Waals surface area contributed by atoms with Crippen LogP contribution in [0.15, 0.2) is 72.8 Å². The molecule has 43 heavy (non-hydrogen) atoms. The highest BCUT2D eigenvalue weighted by Crippen LogP contribution is 2.53. The van der Waals surface area contributed by atoms with E-state index < -0.39 is 0 Å². The van der Waals surface area contributed by atoms with Crippen molar-refractivity contribution in [1.29, 1.82) is 0 Å². The standard InChI is InChI=1S/C37H48N4O2/c1-27(2)33-6-4-5-7-34(33)35-26-39(19-16-28-8-14-32(43-3)15-9-28)22-23-41(35)31-24-37(25-31)17-20-40(21-18-37)30-12-10-29(11-13-30)36(38)42/h4-15,27,31,35H,16-26H2,1-3H3,(H2,38,42). The number of rotatable bonds is 9. The van der Waals surface area contributed by atoms with E-state index in [2.05, 4.69) is 77.1 Å². The Morgan fingerprint density at radius 1 is 0.930 bits per heavy atom. The number of piperidine rings is 1. The summed E-state index contributed by atoms with van der Waals surface area (Å²) in [5.74, 6) is 1.07. The van der Waals surface area contributed by atoms with Crippen molar-refractivity contribution >= 4 is 11.6 Å². The lowest BCUT2D eigenvalue weighted by atomic mass is 9.59. The first kappa shape index (κ1) is 29.7. The van der Waals surface area contributed by atoms with Gasteiger partial charge in [-0.1, -0.05) is 50.2 Å². The minimum absolute atomic E-state index is 0.364. The Labute approximate surface area is 257 Å². The topological polar surface area (TPSA) is 62.0 Å². The maximum Gasteiger partial charge on any atom is 0.248 e. The van der Waals surface area contributed by atoms with Gasteiger partial charge >= 0.3 is 0 Å². The zero-order valence-corrected chi connectivity index (χ0v) is 26.2. The van der Waals surface area contributed by atoms with Gasteiger partial charge in [0, 0.05) is 62.6 Å². The lowest BCUT2D eigenvalue weighted by molar-refractivity contribution is -0.0615. The number of nitrogens with two attached hydrogens (primary N) is 1. The summed E-state index contributed by atoms with van der Waals surface area (Å²) in [7, 11) is 1.73. The van der Waals surface area contributed by atoms with Gasteiger partial charge in [-0.05, 0) is 96.5 Å². The Kier molecular flexibility index (Phi) is 8.78. The lowest BCUT2D eigenvalue weighted by Crippen LogP contribution is -2.60. The second kappa shape index (κ2) is 12.7. The minimum Gasteiger partial charge on any atom is -0.497 e. The van der Waals surface area contributed by atoms with Gasteiger partial charge in [-0.15, -0.1) is 0 Å². The van der Waals surface area contributed by atoms with Gasteiger partial charge in [0.1, 0.15) is 5.75 Å². The molecule has 6 rings (SSSR count). The summed E-state index contributed by atoms with van der Waals surface area (Å²) >= 11 is 0. The Bertz CT molecular complexity index is 1370. The molecule has 2 aliphatic heterocycles. The fourth-order valence-electron chi connectivity index (χ4n) is 7.85.